The van der Waals surface area contributed by atoms with Crippen LogP contribution < -0.4 is 5.32 Å². The van der Waals surface area contributed by atoms with Crippen molar-refractivity contribution in [1.29, 1.82) is 0 Å². The topological polar surface area (TPSA) is 32.3 Å². The van der Waals surface area contributed by atoms with E-state index in [1.165, 1.54) is 12.8 Å². The number of rotatable bonds is 1. The second kappa shape index (κ2) is 3.73. The van der Waals surface area contributed by atoms with Crippen molar-refractivity contribution in [3.63, 3.8) is 0 Å². The van der Waals surface area contributed by atoms with Crippen LogP contribution in [0.4, 0.5) is 0 Å². The summed E-state index contributed by atoms with van der Waals surface area (Å²) in [6.45, 7) is 9.49. The van der Waals surface area contributed by atoms with Crippen molar-refractivity contribution in [1.82, 2.24) is 10.2 Å². The fourth-order valence-electron chi connectivity index (χ4n) is 2.81. The van der Waals surface area contributed by atoms with E-state index in [0.29, 0.717) is 11.9 Å². The summed E-state index contributed by atoms with van der Waals surface area (Å²) >= 11 is 0. The van der Waals surface area contributed by atoms with Crippen molar-refractivity contribution >= 4 is 5.91 Å². The lowest BCUT2D eigenvalue weighted by Gasteiger charge is -2.35. The Morgan fingerprint density at radius 2 is 1.88 bits per heavy atom. The van der Waals surface area contributed by atoms with Crippen LogP contribution in [-0.4, -0.2) is 29.1 Å². The number of nitrogens with zero attached hydrogens (tertiary/aromatic N) is 1. The third-order valence-electron chi connectivity index (χ3n) is 4.44. The van der Waals surface area contributed by atoms with E-state index in [2.05, 4.69) is 33.0 Å². The molecule has 1 N–H and O–H groups in total. The van der Waals surface area contributed by atoms with Gasteiger partial charge in [-0.1, -0.05) is 33.6 Å². The highest BCUT2D eigenvalue weighted by Crippen LogP contribution is 2.37. The summed E-state index contributed by atoms with van der Waals surface area (Å²) in [5, 5.41) is 3.46. The van der Waals surface area contributed by atoms with E-state index in [1.54, 1.807) is 0 Å². The molecule has 0 radical (unpaired) electrons. The molecule has 0 aromatic carbocycles. The third kappa shape index (κ3) is 1.75. The molecule has 1 saturated heterocycles. The predicted octanol–water partition coefficient (Wildman–Crippen LogP) is 2.12. The van der Waals surface area contributed by atoms with Gasteiger partial charge in [0.05, 0.1) is 12.2 Å². The minimum Gasteiger partial charge on any atom is -0.325 e. The van der Waals surface area contributed by atoms with Gasteiger partial charge in [-0.25, -0.2) is 0 Å². The first kappa shape index (κ1) is 11.9. The standard InChI is InChI=1S/C13H24N2O/c1-10(12(2,3)4)15-9-14-13(11(15)16)7-5-6-8-13/h10,14H,5-9H2,1-4H3. The van der Waals surface area contributed by atoms with E-state index in [9.17, 15) is 4.79 Å². The molecule has 0 bridgehead atoms. The quantitative estimate of drug-likeness (QED) is 0.740. The van der Waals surface area contributed by atoms with Crippen molar-refractivity contribution in [3.8, 4) is 0 Å². The number of hydrogen-bond donors (Lipinski definition) is 1. The fraction of sp³-hybridized carbons (Fsp3) is 0.923. The van der Waals surface area contributed by atoms with Crippen molar-refractivity contribution < 1.29 is 4.79 Å². The van der Waals surface area contributed by atoms with Crippen LogP contribution in [-0.2, 0) is 4.79 Å². The van der Waals surface area contributed by atoms with E-state index < -0.39 is 0 Å². The van der Waals surface area contributed by atoms with E-state index in [1.807, 2.05) is 4.90 Å². The van der Waals surface area contributed by atoms with E-state index in [-0.39, 0.29) is 11.0 Å². The molecular formula is C13H24N2O. The Hall–Kier alpha value is -0.570. The Kier molecular flexibility index (Phi) is 2.77. The molecule has 0 aromatic rings. The van der Waals surface area contributed by atoms with Crippen molar-refractivity contribution in [3.05, 3.63) is 0 Å². The summed E-state index contributed by atoms with van der Waals surface area (Å²) in [4.78, 5) is 14.5. The lowest BCUT2D eigenvalue weighted by atomic mass is 9.86. The van der Waals surface area contributed by atoms with Crippen LogP contribution in [0, 0.1) is 5.41 Å². The molecule has 1 aliphatic carbocycles. The summed E-state index contributed by atoms with van der Waals surface area (Å²) in [6.07, 6.45) is 4.44. The third-order valence-corrected chi connectivity index (χ3v) is 4.44. The minimum atomic E-state index is -0.195. The SMILES string of the molecule is CC(N1CNC2(CCCC2)C1=O)C(C)(C)C. The van der Waals surface area contributed by atoms with Gasteiger partial charge >= 0.3 is 0 Å². The molecule has 1 saturated carbocycles. The first-order valence-corrected chi connectivity index (χ1v) is 6.43. The fourth-order valence-corrected chi connectivity index (χ4v) is 2.81. The second-order valence-corrected chi connectivity index (χ2v) is 6.44. The van der Waals surface area contributed by atoms with E-state index >= 15 is 0 Å². The average Bonchev–Trinajstić information content (AvgIpc) is 2.76. The minimum absolute atomic E-state index is 0.154. The maximum absolute atomic E-state index is 12.5. The highest BCUT2D eigenvalue weighted by Gasteiger charge is 2.50. The highest BCUT2D eigenvalue weighted by atomic mass is 16.2. The van der Waals surface area contributed by atoms with E-state index in [0.717, 1.165) is 19.5 Å². The molecule has 2 aliphatic rings. The summed E-state index contributed by atoms with van der Waals surface area (Å²) in [7, 11) is 0. The molecule has 2 fully saturated rings. The van der Waals surface area contributed by atoms with Gasteiger partial charge in [0.15, 0.2) is 0 Å². The monoisotopic (exact) mass is 224 g/mol. The van der Waals surface area contributed by atoms with Gasteiger partial charge in [0.2, 0.25) is 5.91 Å². The Morgan fingerprint density at radius 1 is 1.31 bits per heavy atom. The molecule has 1 amide bonds. The maximum Gasteiger partial charge on any atom is 0.244 e. The van der Waals surface area contributed by atoms with Gasteiger partial charge in [-0.05, 0) is 25.2 Å². The van der Waals surface area contributed by atoms with Crippen LogP contribution in [0.2, 0.25) is 0 Å². The Balaban J connectivity index is 2.13. The lowest BCUT2D eigenvalue weighted by Crippen LogP contribution is -2.47. The van der Waals surface area contributed by atoms with Gasteiger partial charge in [0.1, 0.15) is 0 Å². The number of carbonyl (C=O) groups excluding carboxylic acids is 1. The number of hydrogen-bond acceptors (Lipinski definition) is 2. The van der Waals surface area contributed by atoms with Gasteiger partial charge in [0.25, 0.3) is 0 Å². The van der Waals surface area contributed by atoms with E-state index in [4.69, 9.17) is 0 Å². The van der Waals surface area contributed by atoms with Crippen LogP contribution in [0.1, 0.15) is 53.4 Å². The van der Waals surface area contributed by atoms with Crippen molar-refractivity contribution in [2.24, 2.45) is 5.41 Å². The van der Waals surface area contributed by atoms with Gasteiger partial charge in [0, 0.05) is 6.04 Å². The van der Waals surface area contributed by atoms with Gasteiger partial charge in [-0.3, -0.25) is 10.1 Å². The molecule has 1 atom stereocenters. The molecule has 3 heteroatoms. The molecule has 16 heavy (non-hydrogen) atoms. The molecule has 1 spiro atoms. The largest absolute Gasteiger partial charge is 0.325 e. The Labute approximate surface area is 98.6 Å². The number of amides is 1. The molecule has 1 unspecified atom stereocenters. The first-order chi connectivity index (χ1) is 7.37. The molecule has 0 aromatic heterocycles. The van der Waals surface area contributed by atoms with Gasteiger partial charge in [-0.2, -0.15) is 0 Å². The highest BCUT2D eigenvalue weighted by molar-refractivity contribution is 5.89. The zero-order valence-electron chi connectivity index (χ0n) is 11.0. The average molecular weight is 224 g/mol. The molecule has 2 rings (SSSR count). The lowest BCUT2D eigenvalue weighted by molar-refractivity contribution is -0.135. The van der Waals surface area contributed by atoms with Crippen LogP contribution in [0.15, 0.2) is 0 Å². The second-order valence-electron chi connectivity index (χ2n) is 6.44. The van der Waals surface area contributed by atoms with Crippen LogP contribution in [0.3, 0.4) is 0 Å². The van der Waals surface area contributed by atoms with Crippen molar-refractivity contribution in [2.45, 2.75) is 65.0 Å². The summed E-state index contributed by atoms with van der Waals surface area (Å²) in [6, 6.07) is 0.299. The predicted molar refractivity (Wildman–Crippen MR) is 65.0 cm³/mol. The summed E-state index contributed by atoms with van der Waals surface area (Å²) in [5.74, 6) is 0.340. The number of carbonyl (C=O) groups is 1. The smallest absolute Gasteiger partial charge is 0.244 e. The van der Waals surface area contributed by atoms with Crippen molar-refractivity contribution in [2.75, 3.05) is 6.67 Å². The van der Waals surface area contributed by atoms with Gasteiger partial charge < -0.3 is 4.90 Å². The molecular weight excluding hydrogens is 200 g/mol. The van der Waals surface area contributed by atoms with Crippen LogP contribution >= 0.6 is 0 Å². The maximum atomic E-state index is 12.5. The molecule has 3 nitrogen and oxygen atoms in total. The normalized spacial score (nSPS) is 26.8. The zero-order valence-corrected chi connectivity index (χ0v) is 11.0. The molecule has 1 aliphatic heterocycles. The van der Waals surface area contributed by atoms with Crippen LogP contribution in [0.5, 0.6) is 0 Å². The first-order valence-electron chi connectivity index (χ1n) is 6.43. The number of nitrogens with one attached hydrogen (secondary N) is 1. The van der Waals surface area contributed by atoms with Crippen LogP contribution in [0.25, 0.3) is 0 Å². The summed E-state index contributed by atoms with van der Waals surface area (Å²) in [5.41, 5.74) is -0.0407. The molecule has 92 valence electrons. The molecule has 1 heterocycles. The van der Waals surface area contributed by atoms with Gasteiger partial charge in [-0.15, -0.1) is 0 Å². The summed E-state index contributed by atoms with van der Waals surface area (Å²) < 4.78 is 0. The Bertz CT molecular complexity index is 287. The Morgan fingerprint density at radius 3 is 2.38 bits per heavy atom. The zero-order chi connectivity index (χ0) is 12.0.